The van der Waals surface area contributed by atoms with E-state index in [1.165, 1.54) is 9.21 Å². The molecule has 0 spiro atoms. The maximum Gasteiger partial charge on any atom is 0.272 e. The average molecular weight is 359 g/mol. The van der Waals surface area contributed by atoms with Gasteiger partial charge in [0.05, 0.1) is 45.8 Å². The highest BCUT2D eigenvalue weighted by molar-refractivity contribution is 7.89. The molecule has 8 heteroatoms. The first-order valence-electron chi connectivity index (χ1n) is 8.33. The molecule has 1 aromatic rings. The number of hydrogen-bond acceptors (Lipinski definition) is 4. The fourth-order valence-electron chi connectivity index (χ4n) is 2.97. The molecule has 0 aliphatic carbocycles. The Morgan fingerprint density at radius 2 is 1.96 bits per heavy atom. The number of hydrogen-bond donors (Lipinski definition) is 2. The molecule has 1 saturated heterocycles. The third kappa shape index (κ3) is 5.14. The zero-order valence-electron chi connectivity index (χ0n) is 15.1. The lowest BCUT2D eigenvalue weighted by molar-refractivity contribution is -0.865. The number of H-pyrrole nitrogens is 1. The molecule has 0 bridgehead atoms. The van der Waals surface area contributed by atoms with Gasteiger partial charge in [0.2, 0.25) is 10.0 Å². The highest BCUT2D eigenvalue weighted by atomic mass is 32.2. The SMILES string of the molecule is C[NH+](C)CC(C)(C)CNc1ccc(S(=O)(=O)N2CCOCC2)c[nH+]1. The Hall–Kier alpha value is -1.22. The van der Waals surface area contributed by atoms with Gasteiger partial charge >= 0.3 is 0 Å². The van der Waals surface area contributed by atoms with Crippen LogP contribution in [0.2, 0.25) is 0 Å². The molecule has 24 heavy (non-hydrogen) atoms. The van der Waals surface area contributed by atoms with E-state index < -0.39 is 10.0 Å². The van der Waals surface area contributed by atoms with Crippen LogP contribution >= 0.6 is 0 Å². The monoisotopic (exact) mass is 358 g/mol. The molecule has 0 radical (unpaired) electrons. The zero-order chi connectivity index (χ0) is 17.8. The van der Waals surface area contributed by atoms with Crippen molar-refractivity contribution in [3.05, 3.63) is 18.3 Å². The molecule has 0 saturated carbocycles. The first-order chi connectivity index (χ1) is 11.2. The fraction of sp³-hybridized carbons (Fsp3) is 0.688. The van der Waals surface area contributed by atoms with Gasteiger partial charge in [0.1, 0.15) is 11.1 Å². The second kappa shape index (κ2) is 7.77. The van der Waals surface area contributed by atoms with E-state index in [2.05, 4.69) is 38.2 Å². The number of rotatable bonds is 7. The molecule has 136 valence electrons. The van der Waals surface area contributed by atoms with E-state index in [0.717, 1.165) is 18.9 Å². The van der Waals surface area contributed by atoms with E-state index in [0.29, 0.717) is 26.3 Å². The number of pyridine rings is 1. The van der Waals surface area contributed by atoms with Crippen LogP contribution in [0.15, 0.2) is 23.2 Å². The van der Waals surface area contributed by atoms with Crippen molar-refractivity contribution in [2.45, 2.75) is 18.7 Å². The molecular weight excluding hydrogens is 328 g/mol. The van der Waals surface area contributed by atoms with Gasteiger partial charge in [0.25, 0.3) is 5.82 Å². The Kier molecular flexibility index (Phi) is 6.19. The third-order valence-electron chi connectivity index (χ3n) is 3.98. The number of aromatic nitrogens is 1. The molecule has 1 aliphatic rings. The van der Waals surface area contributed by atoms with Crippen molar-refractivity contribution < 1.29 is 23.0 Å². The van der Waals surface area contributed by atoms with Crippen LogP contribution in [0.1, 0.15) is 13.8 Å². The molecule has 0 atom stereocenters. The second-order valence-electron chi connectivity index (χ2n) is 7.36. The van der Waals surface area contributed by atoms with Crippen LogP contribution in [-0.2, 0) is 14.8 Å². The van der Waals surface area contributed by atoms with E-state index in [1.54, 1.807) is 18.3 Å². The highest BCUT2D eigenvalue weighted by Gasteiger charge is 2.28. The summed E-state index contributed by atoms with van der Waals surface area (Å²) in [7, 11) is 0.829. The van der Waals surface area contributed by atoms with Crippen molar-refractivity contribution in [1.29, 1.82) is 0 Å². The number of nitrogens with zero attached hydrogens (tertiary/aromatic N) is 1. The molecule has 7 nitrogen and oxygen atoms in total. The molecule has 0 amide bonds. The maximum atomic E-state index is 12.6. The Morgan fingerprint density at radius 1 is 1.29 bits per heavy atom. The van der Waals surface area contributed by atoms with Crippen LogP contribution in [0.25, 0.3) is 0 Å². The first kappa shape index (κ1) is 19.1. The maximum absolute atomic E-state index is 12.6. The van der Waals surface area contributed by atoms with Gasteiger partial charge < -0.3 is 9.64 Å². The lowest BCUT2D eigenvalue weighted by Gasteiger charge is -2.25. The first-order valence-corrected chi connectivity index (χ1v) is 9.77. The van der Waals surface area contributed by atoms with Crippen LogP contribution in [0.5, 0.6) is 0 Å². The quantitative estimate of drug-likeness (QED) is 0.663. The molecular formula is C16H30N4O3S+2. The number of aromatic amines is 1. The van der Waals surface area contributed by atoms with Gasteiger partial charge in [-0.1, -0.05) is 13.8 Å². The van der Waals surface area contributed by atoms with E-state index in [-0.39, 0.29) is 10.3 Å². The lowest BCUT2D eigenvalue weighted by Crippen LogP contribution is -3.07. The normalized spacial score (nSPS) is 17.2. The average Bonchev–Trinajstić information content (AvgIpc) is 2.53. The molecule has 1 aliphatic heterocycles. The topological polar surface area (TPSA) is 77.2 Å². The minimum atomic E-state index is -3.45. The van der Waals surface area contributed by atoms with Gasteiger partial charge in [-0.3, -0.25) is 5.32 Å². The third-order valence-corrected chi connectivity index (χ3v) is 5.88. The number of morpholine rings is 1. The van der Waals surface area contributed by atoms with Gasteiger partial charge in [0, 0.05) is 19.2 Å². The predicted molar refractivity (Wildman–Crippen MR) is 92.5 cm³/mol. The standard InChI is InChI=1S/C16H28N4O3S/c1-16(2,13-19(3)4)12-18-15-6-5-14(11-17-15)24(21,22)20-7-9-23-10-8-20/h5-6,11H,7-10,12-13H2,1-4H3,(H,17,18)/p+2. The summed E-state index contributed by atoms with van der Waals surface area (Å²) in [4.78, 5) is 4.74. The number of ether oxygens (including phenoxy) is 1. The summed E-state index contributed by atoms with van der Waals surface area (Å²) in [5, 5.41) is 3.35. The summed E-state index contributed by atoms with van der Waals surface area (Å²) in [5.74, 6) is 0.817. The van der Waals surface area contributed by atoms with Gasteiger partial charge in [-0.25, -0.2) is 13.4 Å². The van der Waals surface area contributed by atoms with Gasteiger partial charge in [-0.05, 0) is 6.07 Å². The number of quaternary nitrogens is 1. The fourth-order valence-corrected chi connectivity index (χ4v) is 4.35. The van der Waals surface area contributed by atoms with Crippen molar-refractivity contribution in [1.82, 2.24) is 4.31 Å². The summed E-state index contributed by atoms with van der Waals surface area (Å²) in [6.45, 7) is 7.99. The van der Waals surface area contributed by atoms with E-state index >= 15 is 0 Å². The lowest BCUT2D eigenvalue weighted by atomic mass is 9.93. The van der Waals surface area contributed by atoms with Crippen molar-refractivity contribution in [2.24, 2.45) is 5.41 Å². The van der Waals surface area contributed by atoms with Gasteiger partial charge in [-0.15, -0.1) is 0 Å². The summed E-state index contributed by atoms with van der Waals surface area (Å²) >= 11 is 0. The zero-order valence-corrected chi connectivity index (χ0v) is 15.9. The summed E-state index contributed by atoms with van der Waals surface area (Å²) in [6.07, 6.45) is 1.55. The van der Waals surface area contributed by atoms with Crippen molar-refractivity contribution >= 4 is 15.8 Å². The van der Waals surface area contributed by atoms with Gasteiger partial charge in [0.15, 0.2) is 0 Å². The van der Waals surface area contributed by atoms with E-state index in [4.69, 9.17) is 4.74 Å². The van der Waals surface area contributed by atoms with Crippen LogP contribution in [0.4, 0.5) is 5.82 Å². The minimum absolute atomic E-state index is 0.144. The van der Waals surface area contributed by atoms with Crippen molar-refractivity contribution in [3.8, 4) is 0 Å². The van der Waals surface area contributed by atoms with E-state index in [9.17, 15) is 8.42 Å². The van der Waals surface area contributed by atoms with Crippen molar-refractivity contribution in [2.75, 3.05) is 58.8 Å². The Balaban J connectivity index is 2.00. The Bertz CT molecular complexity index is 623. The molecule has 3 N–H and O–H groups in total. The summed E-state index contributed by atoms with van der Waals surface area (Å²) in [6, 6.07) is 3.43. The molecule has 1 fully saturated rings. The predicted octanol–water partition coefficient (Wildman–Crippen LogP) is -0.896. The largest absolute Gasteiger partial charge is 0.379 e. The summed E-state index contributed by atoms with van der Waals surface area (Å²) < 4.78 is 31.8. The smallest absolute Gasteiger partial charge is 0.272 e. The highest BCUT2D eigenvalue weighted by Crippen LogP contribution is 2.17. The molecule has 1 aromatic heterocycles. The molecule has 2 heterocycles. The van der Waals surface area contributed by atoms with E-state index in [1.807, 2.05) is 0 Å². The number of nitrogens with one attached hydrogen (secondary N) is 3. The Labute approximate surface area is 145 Å². The van der Waals surface area contributed by atoms with Crippen LogP contribution < -0.4 is 15.2 Å². The van der Waals surface area contributed by atoms with Gasteiger partial charge in [-0.2, -0.15) is 4.31 Å². The molecule has 2 rings (SSSR count). The Morgan fingerprint density at radius 3 is 2.50 bits per heavy atom. The minimum Gasteiger partial charge on any atom is -0.379 e. The number of sulfonamides is 1. The van der Waals surface area contributed by atoms with Crippen LogP contribution in [0.3, 0.4) is 0 Å². The second-order valence-corrected chi connectivity index (χ2v) is 9.29. The van der Waals surface area contributed by atoms with Crippen LogP contribution in [0, 0.1) is 5.41 Å². The molecule has 0 unspecified atom stereocenters. The molecule has 0 aromatic carbocycles. The van der Waals surface area contributed by atoms with Crippen molar-refractivity contribution in [3.63, 3.8) is 0 Å². The van der Waals surface area contributed by atoms with Crippen LogP contribution in [-0.4, -0.2) is 66.2 Å². The number of anilines is 1. The summed E-state index contributed by atoms with van der Waals surface area (Å²) in [5.41, 5.74) is 0.144.